The predicted molar refractivity (Wildman–Crippen MR) is 55.8 cm³/mol. The number of hydrogen-bond acceptors (Lipinski definition) is 2. The maximum Gasteiger partial charge on any atom is 0.323 e. The Balaban J connectivity index is 2.62. The Morgan fingerprint density at radius 3 is 2.75 bits per heavy atom. The van der Waals surface area contributed by atoms with Gasteiger partial charge in [-0.3, -0.25) is 4.79 Å². The number of urea groups is 1. The number of aryl methyl sites for hydroxylation is 1. The Bertz CT molecular complexity index is 421. The molecule has 2 amide bonds. The van der Waals surface area contributed by atoms with Crippen LogP contribution in [-0.4, -0.2) is 23.7 Å². The molecule has 0 bridgehead atoms. The number of benzene rings is 1. The van der Waals surface area contributed by atoms with Crippen LogP contribution in [0.25, 0.3) is 0 Å². The summed E-state index contributed by atoms with van der Waals surface area (Å²) in [4.78, 5) is 21.3. The first-order valence-corrected chi connectivity index (χ1v) is 4.52. The molecule has 0 saturated heterocycles. The Morgan fingerprint density at radius 2 is 2.12 bits per heavy atom. The predicted octanol–water partition coefficient (Wildman–Crippen LogP) is 1.34. The lowest BCUT2D eigenvalue weighted by atomic mass is 10.2. The van der Waals surface area contributed by atoms with Crippen LogP contribution in [-0.2, 0) is 4.79 Å². The zero-order chi connectivity index (χ0) is 12.1. The van der Waals surface area contributed by atoms with Gasteiger partial charge in [0.15, 0.2) is 0 Å². The first kappa shape index (κ1) is 12.0. The van der Waals surface area contributed by atoms with Gasteiger partial charge in [-0.2, -0.15) is 0 Å². The summed E-state index contributed by atoms with van der Waals surface area (Å²) in [5, 5.41) is 12.8. The molecule has 0 aliphatic heterocycles. The summed E-state index contributed by atoms with van der Waals surface area (Å²) in [6.45, 7) is 1.21. The normalized spacial score (nSPS) is 9.62. The van der Waals surface area contributed by atoms with E-state index in [0.29, 0.717) is 11.3 Å². The van der Waals surface area contributed by atoms with Gasteiger partial charge in [0.2, 0.25) is 0 Å². The zero-order valence-electron chi connectivity index (χ0n) is 8.58. The highest BCUT2D eigenvalue weighted by atomic mass is 19.1. The second-order valence-electron chi connectivity index (χ2n) is 3.16. The number of rotatable bonds is 3. The molecule has 0 heterocycles. The van der Waals surface area contributed by atoms with Gasteiger partial charge < -0.3 is 15.7 Å². The molecule has 0 radical (unpaired) electrons. The minimum Gasteiger partial charge on any atom is -0.480 e. The molecule has 0 atom stereocenters. The quantitative estimate of drug-likeness (QED) is 0.727. The van der Waals surface area contributed by atoms with E-state index in [0.717, 1.165) is 6.07 Å². The van der Waals surface area contributed by atoms with Crippen LogP contribution in [0.1, 0.15) is 5.56 Å². The number of hydrogen-bond donors (Lipinski definition) is 3. The number of carboxylic acids is 1. The number of halogens is 1. The van der Waals surface area contributed by atoms with Crippen molar-refractivity contribution in [2.45, 2.75) is 6.92 Å². The largest absolute Gasteiger partial charge is 0.480 e. The standard InChI is InChI=1S/C10H11FN2O3/c1-6-2-3-7(11)4-8(6)13-10(16)12-5-9(14)15/h2-4H,5H2,1H3,(H,14,15)(H2,12,13,16). The van der Waals surface area contributed by atoms with Crippen molar-refractivity contribution in [1.29, 1.82) is 0 Å². The van der Waals surface area contributed by atoms with Crippen molar-refractivity contribution in [2.75, 3.05) is 11.9 Å². The molecule has 1 aromatic carbocycles. The number of nitrogens with one attached hydrogen (secondary N) is 2. The summed E-state index contributed by atoms with van der Waals surface area (Å²) < 4.78 is 12.8. The highest BCUT2D eigenvalue weighted by Gasteiger charge is 2.06. The lowest BCUT2D eigenvalue weighted by Crippen LogP contribution is -2.33. The number of aliphatic carboxylic acids is 1. The third-order valence-electron chi connectivity index (χ3n) is 1.85. The van der Waals surface area contributed by atoms with E-state index >= 15 is 0 Å². The fourth-order valence-electron chi connectivity index (χ4n) is 1.05. The Hall–Kier alpha value is -2.11. The second-order valence-corrected chi connectivity index (χ2v) is 3.16. The van der Waals surface area contributed by atoms with Crippen molar-refractivity contribution in [3.63, 3.8) is 0 Å². The number of carbonyl (C=O) groups is 2. The van der Waals surface area contributed by atoms with Gasteiger partial charge in [0, 0.05) is 5.69 Å². The molecule has 0 saturated carbocycles. The van der Waals surface area contributed by atoms with Crippen molar-refractivity contribution in [3.8, 4) is 0 Å². The molecule has 0 aromatic heterocycles. The monoisotopic (exact) mass is 226 g/mol. The Labute approximate surface area is 91.3 Å². The van der Waals surface area contributed by atoms with E-state index in [-0.39, 0.29) is 0 Å². The SMILES string of the molecule is Cc1ccc(F)cc1NC(=O)NCC(=O)O. The van der Waals surface area contributed by atoms with E-state index in [4.69, 9.17) is 5.11 Å². The van der Waals surface area contributed by atoms with Crippen LogP contribution in [0.4, 0.5) is 14.9 Å². The van der Waals surface area contributed by atoms with Crippen LogP contribution in [0.2, 0.25) is 0 Å². The molecule has 1 aromatic rings. The van der Waals surface area contributed by atoms with Crippen molar-refractivity contribution in [1.82, 2.24) is 5.32 Å². The van der Waals surface area contributed by atoms with Crippen LogP contribution in [0.3, 0.4) is 0 Å². The number of amides is 2. The third-order valence-corrected chi connectivity index (χ3v) is 1.85. The number of anilines is 1. The van der Waals surface area contributed by atoms with E-state index in [1.807, 2.05) is 0 Å². The van der Waals surface area contributed by atoms with Crippen LogP contribution in [0.5, 0.6) is 0 Å². The van der Waals surface area contributed by atoms with Gasteiger partial charge in [-0.05, 0) is 24.6 Å². The lowest BCUT2D eigenvalue weighted by Gasteiger charge is -2.08. The smallest absolute Gasteiger partial charge is 0.323 e. The highest BCUT2D eigenvalue weighted by molar-refractivity contribution is 5.91. The molecule has 3 N–H and O–H groups in total. The van der Waals surface area contributed by atoms with Crippen molar-refractivity contribution >= 4 is 17.7 Å². The van der Waals surface area contributed by atoms with Gasteiger partial charge in [-0.1, -0.05) is 6.07 Å². The molecule has 0 spiro atoms. The fraction of sp³-hybridized carbons (Fsp3) is 0.200. The topological polar surface area (TPSA) is 78.4 Å². The highest BCUT2D eigenvalue weighted by Crippen LogP contribution is 2.15. The van der Waals surface area contributed by atoms with Gasteiger partial charge in [-0.25, -0.2) is 9.18 Å². The molecule has 0 aliphatic carbocycles. The maximum absolute atomic E-state index is 12.8. The molecule has 1 rings (SSSR count). The van der Waals surface area contributed by atoms with Gasteiger partial charge in [0.25, 0.3) is 0 Å². The minimum absolute atomic E-state index is 0.308. The van der Waals surface area contributed by atoms with Crippen LogP contribution in [0, 0.1) is 12.7 Å². The van der Waals surface area contributed by atoms with Crippen molar-refractivity contribution < 1.29 is 19.1 Å². The minimum atomic E-state index is -1.15. The third kappa shape index (κ3) is 3.56. The van der Waals surface area contributed by atoms with Gasteiger partial charge in [0.1, 0.15) is 12.4 Å². The van der Waals surface area contributed by atoms with E-state index in [1.165, 1.54) is 12.1 Å². The molecule has 0 unspecified atom stereocenters. The summed E-state index contributed by atoms with van der Waals surface area (Å²) >= 11 is 0. The van der Waals surface area contributed by atoms with Crippen LogP contribution >= 0.6 is 0 Å². The molecular weight excluding hydrogens is 215 g/mol. The first-order valence-electron chi connectivity index (χ1n) is 4.52. The number of carbonyl (C=O) groups excluding carboxylic acids is 1. The first-order chi connectivity index (χ1) is 7.49. The molecular formula is C10H11FN2O3. The molecule has 0 fully saturated rings. The zero-order valence-corrected chi connectivity index (χ0v) is 8.58. The molecule has 6 heteroatoms. The molecule has 0 aliphatic rings. The molecule has 5 nitrogen and oxygen atoms in total. The van der Waals surface area contributed by atoms with Gasteiger partial charge in [-0.15, -0.1) is 0 Å². The van der Waals surface area contributed by atoms with Gasteiger partial charge in [0.05, 0.1) is 0 Å². The second kappa shape index (κ2) is 5.11. The van der Waals surface area contributed by atoms with E-state index in [2.05, 4.69) is 10.6 Å². The fourth-order valence-corrected chi connectivity index (χ4v) is 1.05. The van der Waals surface area contributed by atoms with Crippen LogP contribution < -0.4 is 10.6 Å². The summed E-state index contributed by atoms with van der Waals surface area (Å²) in [6.07, 6.45) is 0. The molecule has 86 valence electrons. The lowest BCUT2D eigenvalue weighted by molar-refractivity contribution is -0.135. The average Bonchev–Trinajstić information content (AvgIpc) is 2.20. The van der Waals surface area contributed by atoms with Crippen LogP contribution in [0.15, 0.2) is 18.2 Å². The van der Waals surface area contributed by atoms with Crippen molar-refractivity contribution in [2.24, 2.45) is 0 Å². The Morgan fingerprint density at radius 1 is 1.44 bits per heavy atom. The van der Waals surface area contributed by atoms with E-state index < -0.39 is 24.4 Å². The Kier molecular flexibility index (Phi) is 3.82. The average molecular weight is 226 g/mol. The van der Waals surface area contributed by atoms with E-state index in [9.17, 15) is 14.0 Å². The summed E-state index contributed by atoms with van der Waals surface area (Å²) in [5.41, 5.74) is 0.995. The van der Waals surface area contributed by atoms with Gasteiger partial charge >= 0.3 is 12.0 Å². The summed E-state index contributed by atoms with van der Waals surface area (Å²) in [5.74, 6) is -1.62. The summed E-state index contributed by atoms with van der Waals surface area (Å²) in [7, 11) is 0. The van der Waals surface area contributed by atoms with E-state index in [1.54, 1.807) is 6.92 Å². The molecule has 16 heavy (non-hydrogen) atoms. The summed E-state index contributed by atoms with van der Waals surface area (Å²) in [6, 6.07) is 3.27. The maximum atomic E-state index is 12.8. The van der Waals surface area contributed by atoms with Crippen molar-refractivity contribution in [3.05, 3.63) is 29.6 Å². The number of carboxylic acid groups (broad SMARTS) is 1.